The minimum absolute atomic E-state index is 0. The summed E-state index contributed by atoms with van der Waals surface area (Å²) in [4.78, 5) is 3.91. The first-order chi connectivity index (χ1) is 5.86. The van der Waals surface area contributed by atoms with E-state index in [-0.39, 0.29) is 24.6 Å². The zero-order valence-corrected chi connectivity index (χ0v) is 7.34. The first-order valence-electron chi connectivity index (χ1n) is 3.62. The molecule has 0 N–H and O–H groups in total. The molecule has 0 spiro atoms. The molecule has 0 aliphatic rings. The molecule has 0 saturated heterocycles. The maximum Gasteiger partial charge on any atom is 1.00 e. The summed E-state index contributed by atoms with van der Waals surface area (Å²) in [5.74, 6) is 0.0267. The molecular weight excluding hydrogens is 159 g/mol. The quantitative estimate of drug-likeness (QED) is 0.457. The molecule has 1 aromatic heterocycles. The Labute approximate surface area is 88.2 Å². The number of aromatic nitrogens is 2. The summed E-state index contributed by atoms with van der Waals surface area (Å²) >= 11 is 0. The van der Waals surface area contributed by atoms with Gasteiger partial charge in [-0.2, -0.15) is 0 Å². The van der Waals surface area contributed by atoms with Crippen molar-refractivity contribution in [2.24, 2.45) is 0 Å². The Bertz CT molecular complexity index is 356. The van der Waals surface area contributed by atoms with E-state index in [1.54, 1.807) is 24.7 Å². The van der Waals surface area contributed by atoms with Crippen molar-refractivity contribution in [3.05, 3.63) is 43.0 Å². The second kappa shape index (κ2) is 4.17. The smallest absolute Gasteiger partial charge is 0.872 e. The zero-order valence-electron chi connectivity index (χ0n) is 7.34. The third kappa shape index (κ3) is 2.15. The molecule has 4 heteroatoms. The molecule has 0 atom stereocenters. The van der Waals surface area contributed by atoms with Crippen LogP contribution in [0.1, 0.15) is 0 Å². The van der Waals surface area contributed by atoms with Crippen LogP contribution in [-0.4, -0.2) is 9.55 Å². The van der Waals surface area contributed by atoms with Gasteiger partial charge in [-0.05, 0) is 12.1 Å². The zero-order chi connectivity index (χ0) is 8.39. The molecule has 13 heavy (non-hydrogen) atoms. The average Bonchev–Trinajstić information content (AvgIpc) is 2.58. The van der Waals surface area contributed by atoms with Crippen LogP contribution >= 0.6 is 0 Å². The van der Waals surface area contributed by atoms with Crippen LogP contribution in [0.5, 0.6) is 5.75 Å². The van der Waals surface area contributed by atoms with Crippen LogP contribution in [0.2, 0.25) is 0 Å². The molecule has 2 rings (SSSR count). The summed E-state index contributed by atoms with van der Waals surface area (Å²) in [7, 11) is 0. The summed E-state index contributed by atoms with van der Waals surface area (Å²) in [5, 5.41) is 10.8. The second-order valence-electron chi connectivity index (χ2n) is 2.46. The van der Waals surface area contributed by atoms with Crippen LogP contribution in [0, 0.1) is 0 Å². The molecule has 3 nitrogen and oxygen atoms in total. The van der Waals surface area contributed by atoms with Gasteiger partial charge in [-0.3, -0.25) is 0 Å². The van der Waals surface area contributed by atoms with Gasteiger partial charge in [0.1, 0.15) is 0 Å². The fourth-order valence-electron chi connectivity index (χ4n) is 1.03. The number of hydrogen-bond donors (Lipinski definition) is 0. The summed E-state index contributed by atoms with van der Waals surface area (Å²) in [6.07, 6.45) is 5.23. The van der Waals surface area contributed by atoms with Crippen molar-refractivity contribution in [2.75, 3.05) is 0 Å². The molecule has 2 aromatic rings. The molecule has 60 valence electrons. The van der Waals surface area contributed by atoms with Gasteiger partial charge in [0.2, 0.25) is 0 Å². The Morgan fingerprint density at radius 2 is 1.85 bits per heavy atom. The first kappa shape index (κ1) is 9.91. The van der Waals surface area contributed by atoms with E-state index in [0.717, 1.165) is 5.69 Å². The minimum atomic E-state index is 0. The maximum absolute atomic E-state index is 10.8. The molecular formula is C9H7LiN2O. The standard InChI is InChI=1S/C9H8N2O.Li/c12-9-3-1-8(2-4-9)11-6-5-10-7-11;/h1-7,12H;/q;+1/p-1. The van der Waals surface area contributed by atoms with Crippen LogP contribution < -0.4 is 24.0 Å². The summed E-state index contributed by atoms with van der Waals surface area (Å²) in [5.41, 5.74) is 0.951. The van der Waals surface area contributed by atoms with Crippen LogP contribution in [0.3, 0.4) is 0 Å². The fraction of sp³-hybridized carbons (Fsp3) is 0. The molecule has 0 aliphatic heterocycles. The van der Waals surface area contributed by atoms with Crippen LogP contribution in [0.15, 0.2) is 43.0 Å². The molecule has 0 saturated carbocycles. The van der Waals surface area contributed by atoms with Crippen molar-refractivity contribution in [3.8, 4) is 11.4 Å². The second-order valence-corrected chi connectivity index (χ2v) is 2.46. The van der Waals surface area contributed by atoms with Crippen LogP contribution in [-0.2, 0) is 0 Å². The summed E-state index contributed by atoms with van der Waals surface area (Å²) in [6.45, 7) is 0. The van der Waals surface area contributed by atoms with Gasteiger partial charge in [-0.15, -0.1) is 5.75 Å². The van der Waals surface area contributed by atoms with E-state index in [1.807, 2.05) is 10.8 Å². The third-order valence-corrected chi connectivity index (χ3v) is 1.64. The van der Waals surface area contributed by atoms with Crippen molar-refractivity contribution < 1.29 is 24.0 Å². The number of nitrogens with zero attached hydrogens (tertiary/aromatic N) is 2. The molecule has 1 heterocycles. The number of benzene rings is 1. The van der Waals surface area contributed by atoms with E-state index in [0.29, 0.717) is 0 Å². The maximum atomic E-state index is 10.8. The van der Waals surface area contributed by atoms with Gasteiger partial charge in [0.05, 0.1) is 6.33 Å². The topological polar surface area (TPSA) is 40.9 Å². The molecule has 0 amide bonds. The van der Waals surface area contributed by atoms with E-state index in [9.17, 15) is 5.11 Å². The van der Waals surface area contributed by atoms with E-state index >= 15 is 0 Å². The predicted molar refractivity (Wildman–Crippen MR) is 43.0 cm³/mol. The number of rotatable bonds is 1. The van der Waals surface area contributed by atoms with Crippen LogP contribution in [0.4, 0.5) is 0 Å². The van der Waals surface area contributed by atoms with Crippen molar-refractivity contribution in [3.63, 3.8) is 0 Å². The van der Waals surface area contributed by atoms with Gasteiger partial charge in [0.15, 0.2) is 0 Å². The molecule has 1 aromatic carbocycles. The van der Waals surface area contributed by atoms with Crippen molar-refractivity contribution in [2.45, 2.75) is 0 Å². The minimum Gasteiger partial charge on any atom is -0.872 e. The summed E-state index contributed by atoms with van der Waals surface area (Å²) in [6, 6.07) is 6.61. The Morgan fingerprint density at radius 1 is 1.15 bits per heavy atom. The van der Waals surface area contributed by atoms with Gasteiger partial charge in [-0.1, -0.05) is 12.1 Å². The Hall–Kier alpha value is -1.17. The van der Waals surface area contributed by atoms with Gasteiger partial charge < -0.3 is 9.67 Å². The number of imidazole rings is 1. The van der Waals surface area contributed by atoms with Gasteiger partial charge >= 0.3 is 18.9 Å². The average molecular weight is 166 g/mol. The molecule has 0 radical (unpaired) electrons. The Morgan fingerprint density at radius 3 is 2.38 bits per heavy atom. The number of hydrogen-bond acceptors (Lipinski definition) is 2. The first-order valence-corrected chi connectivity index (χ1v) is 3.62. The van der Waals surface area contributed by atoms with E-state index in [4.69, 9.17) is 0 Å². The normalized spacial score (nSPS) is 9.23. The van der Waals surface area contributed by atoms with Gasteiger partial charge in [0.25, 0.3) is 0 Å². The fourth-order valence-corrected chi connectivity index (χ4v) is 1.03. The Balaban J connectivity index is 0.000000845. The van der Waals surface area contributed by atoms with E-state index in [1.165, 1.54) is 12.1 Å². The van der Waals surface area contributed by atoms with Crippen LogP contribution in [0.25, 0.3) is 5.69 Å². The SMILES string of the molecule is [Li+].[O-]c1ccc(-n2ccnc2)cc1. The third-order valence-electron chi connectivity index (χ3n) is 1.64. The van der Waals surface area contributed by atoms with E-state index < -0.39 is 0 Å². The predicted octanol–water partition coefficient (Wildman–Crippen LogP) is -2.05. The monoisotopic (exact) mass is 166 g/mol. The molecule has 0 fully saturated rings. The van der Waals surface area contributed by atoms with Crippen molar-refractivity contribution in [1.82, 2.24) is 9.55 Å². The molecule has 0 unspecified atom stereocenters. The largest absolute Gasteiger partial charge is 1.00 e. The van der Waals surface area contributed by atoms with Gasteiger partial charge in [0, 0.05) is 18.1 Å². The van der Waals surface area contributed by atoms with Crippen molar-refractivity contribution in [1.29, 1.82) is 0 Å². The molecule has 0 aliphatic carbocycles. The van der Waals surface area contributed by atoms with Gasteiger partial charge in [-0.25, -0.2) is 4.98 Å². The van der Waals surface area contributed by atoms with Crippen molar-refractivity contribution >= 4 is 0 Å². The van der Waals surface area contributed by atoms with E-state index in [2.05, 4.69) is 4.98 Å². The molecule has 0 bridgehead atoms. The Kier molecular flexibility index (Phi) is 3.18. The summed E-state index contributed by atoms with van der Waals surface area (Å²) < 4.78 is 1.85.